The number of aromatic nitrogens is 3. The van der Waals surface area contributed by atoms with E-state index in [0.717, 1.165) is 5.56 Å². The van der Waals surface area contributed by atoms with Gasteiger partial charge in [-0.15, -0.1) is 0 Å². The van der Waals surface area contributed by atoms with Crippen molar-refractivity contribution < 1.29 is 19.1 Å². The molecule has 0 aliphatic rings. The lowest BCUT2D eigenvalue weighted by Crippen LogP contribution is -2.50. The lowest BCUT2D eigenvalue weighted by atomic mass is 10.0. The minimum absolute atomic E-state index is 0.158. The van der Waals surface area contributed by atoms with Crippen LogP contribution in [0.1, 0.15) is 19.4 Å². The number of ether oxygens (including phenoxy) is 2. The number of rotatable bonds is 9. The highest BCUT2D eigenvalue weighted by Crippen LogP contribution is 2.29. The van der Waals surface area contributed by atoms with Crippen molar-refractivity contribution in [1.29, 1.82) is 0 Å². The first-order valence-electron chi connectivity index (χ1n) is 10.4. The Labute approximate surface area is 190 Å². The van der Waals surface area contributed by atoms with Gasteiger partial charge in [-0.3, -0.25) is 23.9 Å². The molecule has 2 amide bonds. The first kappa shape index (κ1) is 23.7. The van der Waals surface area contributed by atoms with Crippen LogP contribution in [-0.4, -0.2) is 46.6 Å². The molecule has 174 valence electrons. The number of nitrogens with zero attached hydrogens (tertiary/aromatic N) is 3. The fourth-order valence-corrected chi connectivity index (χ4v) is 3.31. The molecule has 0 saturated carbocycles. The van der Waals surface area contributed by atoms with Crippen LogP contribution in [0.15, 0.2) is 47.8 Å². The quantitative estimate of drug-likeness (QED) is 0.500. The molecular formula is C23H27N5O5. The first-order chi connectivity index (χ1) is 15.8. The van der Waals surface area contributed by atoms with Crippen LogP contribution in [0.2, 0.25) is 0 Å². The van der Waals surface area contributed by atoms with Crippen molar-refractivity contribution in [3.63, 3.8) is 0 Å². The smallest absolute Gasteiger partial charge is 0.261 e. The summed E-state index contributed by atoms with van der Waals surface area (Å²) in [6, 6.07) is 5.97. The normalized spacial score (nSPS) is 11.8. The highest BCUT2D eigenvalue weighted by atomic mass is 16.5. The molecule has 3 rings (SSSR count). The molecule has 0 saturated heterocycles. The zero-order valence-electron chi connectivity index (χ0n) is 19.0. The maximum absolute atomic E-state index is 12.9. The van der Waals surface area contributed by atoms with E-state index in [1.165, 1.54) is 31.2 Å². The largest absolute Gasteiger partial charge is 0.493 e. The van der Waals surface area contributed by atoms with Gasteiger partial charge in [-0.1, -0.05) is 13.8 Å². The van der Waals surface area contributed by atoms with Crippen LogP contribution in [0.5, 0.6) is 11.5 Å². The predicted octanol–water partition coefficient (Wildman–Crippen LogP) is 1.27. The van der Waals surface area contributed by atoms with Gasteiger partial charge in [-0.05, 0) is 29.7 Å². The number of carbonyl (C=O) groups is 2. The molecule has 0 spiro atoms. The number of benzene rings is 1. The number of methoxy groups -OCH3 is 2. The number of nitrogens with one attached hydrogen (secondary N) is 2. The monoisotopic (exact) mass is 453 g/mol. The topological polar surface area (TPSA) is 124 Å². The van der Waals surface area contributed by atoms with Gasteiger partial charge in [0.15, 0.2) is 11.5 Å². The second kappa shape index (κ2) is 10.6. The summed E-state index contributed by atoms with van der Waals surface area (Å²) in [5.41, 5.74) is 0.914. The molecule has 0 aliphatic heterocycles. The zero-order valence-corrected chi connectivity index (χ0v) is 19.0. The van der Waals surface area contributed by atoms with Gasteiger partial charge in [-0.25, -0.2) is 4.98 Å². The van der Waals surface area contributed by atoms with Crippen molar-refractivity contribution in [2.24, 2.45) is 5.92 Å². The zero-order chi connectivity index (χ0) is 24.0. The number of hydrogen-bond acceptors (Lipinski definition) is 7. The summed E-state index contributed by atoms with van der Waals surface area (Å²) in [7, 11) is 2.96. The van der Waals surface area contributed by atoms with Crippen molar-refractivity contribution >= 4 is 22.7 Å². The Morgan fingerprint density at radius 1 is 1.09 bits per heavy atom. The van der Waals surface area contributed by atoms with E-state index >= 15 is 0 Å². The minimum atomic E-state index is -0.757. The highest BCUT2D eigenvalue weighted by molar-refractivity contribution is 5.88. The fraction of sp³-hybridized carbons (Fsp3) is 0.348. The van der Waals surface area contributed by atoms with Gasteiger partial charge < -0.3 is 20.1 Å². The van der Waals surface area contributed by atoms with E-state index < -0.39 is 17.5 Å². The van der Waals surface area contributed by atoms with Gasteiger partial charge in [0.1, 0.15) is 12.6 Å². The number of pyridine rings is 1. The molecule has 10 heteroatoms. The molecule has 1 aromatic carbocycles. The van der Waals surface area contributed by atoms with Gasteiger partial charge in [0.05, 0.1) is 31.4 Å². The Hall–Kier alpha value is -3.95. The Bertz CT molecular complexity index is 1190. The average Bonchev–Trinajstić information content (AvgIpc) is 2.82. The summed E-state index contributed by atoms with van der Waals surface area (Å²) < 4.78 is 11.7. The van der Waals surface area contributed by atoms with Crippen molar-refractivity contribution in [2.45, 2.75) is 33.0 Å². The van der Waals surface area contributed by atoms with Crippen molar-refractivity contribution in [3.05, 3.63) is 58.9 Å². The van der Waals surface area contributed by atoms with Crippen LogP contribution in [0.25, 0.3) is 10.9 Å². The molecule has 0 aliphatic carbocycles. The van der Waals surface area contributed by atoms with E-state index in [4.69, 9.17) is 9.47 Å². The molecule has 2 aromatic heterocycles. The van der Waals surface area contributed by atoms with Crippen LogP contribution in [0, 0.1) is 5.92 Å². The molecule has 1 unspecified atom stereocenters. The second-order valence-electron chi connectivity index (χ2n) is 7.76. The van der Waals surface area contributed by atoms with E-state index in [9.17, 15) is 14.4 Å². The Balaban J connectivity index is 1.73. The predicted molar refractivity (Wildman–Crippen MR) is 122 cm³/mol. The Morgan fingerprint density at radius 2 is 1.76 bits per heavy atom. The van der Waals surface area contributed by atoms with Gasteiger partial charge in [-0.2, -0.15) is 0 Å². The van der Waals surface area contributed by atoms with E-state index in [1.54, 1.807) is 30.6 Å². The number of amides is 2. The van der Waals surface area contributed by atoms with E-state index in [2.05, 4.69) is 20.6 Å². The van der Waals surface area contributed by atoms with Crippen molar-refractivity contribution in [2.75, 3.05) is 14.2 Å². The molecule has 0 bridgehead atoms. The van der Waals surface area contributed by atoms with Crippen LogP contribution < -0.4 is 25.7 Å². The molecule has 1 atom stereocenters. The average molecular weight is 453 g/mol. The third-order valence-electron chi connectivity index (χ3n) is 5.13. The maximum Gasteiger partial charge on any atom is 0.261 e. The van der Waals surface area contributed by atoms with Gasteiger partial charge in [0.2, 0.25) is 11.8 Å². The minimum Gasteiger partial charge on any atom is -0.493 e. The number of fused-ring (bicyclic) bond motifs is 1. The van der Waals surface area contributed by atoms with Crippen molar-refractivity contribution in [1.82, 2.24) is 25.2 Å². The van der Waals surface area contributed by atoms with Crippen LogP contribution in [0.3, 0.4) is 0 Å². The summed E-state index contributed by atoms with van der Waals surface area (Å²) in [6.45, 7) is 3.71. The van der Waals surface area contributed by atoms with Crippen LogP contribution in [-0.2, 0) is 22.7 Å². The van der Waals surface area contributed by atoms with E-state index in [-0.39, 0.29) is 18.4 Å². The van der Waals surface area contributed by atoms with Gasteiger partial charge >= 0.3 is 0 Å². The van der Waals surface area contributed by atoms with Gasteiger partial charge in [0, 0.05) is 25.0 Å². The molecule has 33 heavy (non-hydrogen) atoms. The number of carbonyl (C=O) groups excluding carboxylic acids is 2. The van der Waals surface area contributed by atoms with Crippen molar-refractivity contribution in [3.8, 4) is 11.5 Å². The number of hydrogen-bond donors (Lipinski definition) is 2. The SMILES string of the molecule is COc1cc2ncn(CC(=O)NC(C(=O)NCc3ccncc3)C(C)C)c(=O)c2cc1OC. The molecule has 3 aromatic rings. The molecule has 10 nitrogen and oxygen atoms in total. The lowest BCUT2D eigenvalue weighted by molar-refractivity contribution is -0.130. The molecule has 2 heterocycles. The second-order valence-corrected chi connectivity index (χ2v) is 7.76. The third-order valence-corrected chi connectivity index (χ3v) is 5.13. The summed E-state index contributed by atoms with van der Waals surface area (Å²) in [5.74, 6) is -0.108. The molecular weight excluding hydrogens is 426 g/mol. The molecule has 0 radical (unpaired) electrons. The Kier molecular flexibility index (Phi) is 7.60. The van der Waals surface area contributed by atoms with Gasteiger partial charge in [0.25, 0.3) is 5.56 Å². The van der Waals surface area contributed by atoms with E-state index in [1.807, 2.05) is 13.8 Å². The fourth-order valence-electron chi connectivity index (χ4n) is 3.31. The van der Waals surface area contributed by atoms with E-state index in [0.29, 0.717) is 28.9 Å². The summed E-state index contributed by atoms with van der Waals surface area (Å²) in [5, 5.41) is 5.83. The Morgan fingerprint density at radius 3 is 2.39 bits per heavy atom. The maximum atomic E-state index is 12.9. The standard InChI is InChI=1S/C23H27N5O5/c1-14(2)21(22(30)25-11-15-5-7-24-8-6-15)27-20(29)12-28-13-26-17-10-19(33-4)18(32-3)9-16(17)23(28)31/h5-10,13-14,21H,11-12H2,1-4H3,(H,25,30)(H,27,29). The summed E-state index contributed by atoms with van der Waals surface area (Å²) in [6.07, 6.45) is 4.58. The summed E-state index contributed by atoms with van der Waals surface area (Å²) in [4.78, 5) is 46.5. The van der Waals surface area contributed by atoms with Crippen LogP contribution >= 0.6 is 0 Å². The lowest BCUT2D eigenvalue weighted by Gasteiger charge is -2.22. The highest BCUT2D eigenvalue weighted by Gasteiger charge is 2.24. The first-order valence-corrected chi connectivity index (χ1v) is 10.4. The van der Waals surface area contributed by atoms with Crippen LogP contribution in [0.4, 0.5) is 0 Å². The molecule has 0 fully saturated rings. The third kappa shape index (κ3) is 5.65. The molecule has 2 N–H and O–H groups in total. The summed E-state index contributed by atoms with van der Waals surface area (Å²) >= 11 is 0.